The van der Waals surface area contributed by atoms with Gasteiger partial charge in [-0.1, -0.05) is 12.1 Å². The molecule has 0 unspecified atom stereocenters. The Hall–Kier alpha value is -3.95. The summed E-state index contributed by atoms with van der Waals surface area (Å²) in [6.45, 7) is 9.83. The fraction of sp³-hybridized carbons (Fsp3) is 0.483. The standard InChI is InChI=1S/C29H36N4O6/c1-5-38-29(37)33-17-15-32(16-18-33)27(35)23-10-9-20(3)30-25(23)22-11-13-31(14-12-22)28(36)24-8-6-7-19(2)26(24)39-21(4)34/h6-10,22H,5,11-18H2,1-4H3. The van der Waals surface area contributed by atoms with Crippen LogP contribution in [0.15, 0.2) is 30.3 Å². The van der Waals surface area contributed by atoms with Gasteiger partial charge in [-0.05, 0) is 57.4 Å². The first-order chi connectivity index (χ1) is 18.7. The number of aryl methyl sites for hydroxylation is 2. The zero-order chi connectivity index (χ0) is 28.1. The molecule has 10 heteroatoms. The summed E-state index contributed by atoms with van der Waals surface area (Å²) in [5.74, 6) is -0.415. The predicted octanol–water partition coefficient (Wildman–Crippen LogP) is 3.56. The van der Waals surface area contributed by atoms with Crippen LogP contribution in [0.2, 0.25) is 0 Å². The van der Waals surface area contributed by atoms with Gasteiger partial charge in [0, 0.05) is 57.8 Å². The van der Waals surface area contributed by atoms with E-state index < -0.39 is 5.97 Å². The monoisotopic (exact) mass is 536 g/mol. The lowest BCUT2D eigenvalue weighted by molar-refractivity contribution is -0.131. The number of carbonyl (C=O) groups is 4. The minimum Gasteiger partial charge on any atom is -0.450 e. The van der Waals surface area contributed by atoms with Crippen molar-refractivity contribution in [2.75, 3.05) is 45.9 Å². The average Bonchev–Trinajstić information content (AvgIpc) is 2.93. The third-order valence-electron chi connectivity index (χ3n) is 7.24. The largest absolute Gasteiger partial charge is 0.450 e. The normalized spacial score (nSPS) is 16.2. The molecule has 10 nitrogen and oxygen atoms in total. The Labute approximate surface area is 228 Å². The van der Waals surface area contributed by atoms with Gasteiger partial charge in [0.2, 0.25) is 0 Å². The highest BCUT2D eigenvalue weighted by Crippen LogP contribution is 2.32. The van der Waals surface area contributed by atoms with Crippen molar-refractivity contribution in [1.29, 1.82) is 0 Å². The predicted molar refractivity (Wildman–Crippen MR) is 144 cm³/mol. The van der Waals surface area contributed by atoms with Crippen molar-refractivity contribution >= 4 is 23.9 Å². The van der Waals surface area contributed by atoms with Crippen molar-refractivity contribution in [2.45, 2.75) is 46.5 Å². The number of esters is 1. The van der Waals surface area contributed by atoms with Crippen LogP contribution in [-0.4, -0.2) is 89.4 Å². The van der Waals surface area contributed by atoms with E-state index >= 15 is 0 Å². The lowest BCUT2D eigenvalue weighted by atomic mass is 9.89. The van der Waals surface area contributed by atoms with Gasteiger partial charge in [-0.25, -0.2) is 4.79 Å². The average molecular weight is 537 g/mol. The summed E-state index contributed by atoms with van der Waals surface area (Å²) in [5.41, 5.74) is 3.26. The summed E-state index contributed by atoms with van der Waals surface area (Å²) in [7, 11) is 0. The van der Waals surface area contributed by atoms with Crippen LogP contribution in [0, 0.1) is 13.8 Å². The maximum absolute atomic E-state index is 13.5. The highest BCUT2D eigenvalue weighted by molar-refractivity contribution is 5.98. The Morgan fingerprint density at radius 2 is 1.46 bits per heavy atom. The van der Waals surface area contributed by atoms with Crippen LogP contribution in [0.25, 0.3) is 0 Å². The number of piperazine rings is 1. The smallest absolute Gasteiger partial charge is 0.409 e. The molecule has 0 spiro atoms. The number of rotatable bonds is 5. The second kappa shape index (κ2) is 12.3. The van der Waals surface area contributed by atoms with Gasteiger partial charge in [0.1, 0.15) is 5.75 Å². The van der Waals surface area contributed by atoms with E-state index in [2.05, 4.69) is 0 Å². The van der Waals surface area contributed by atoms with Crippen LogP contribution in [0.1, 0.15) is 70.3 Å². The molecule has 2 saturated heterocycles. The Kier molecular flexibility index (Phi) is 8.83. The number of hydrogen-bond acceptors (Lipinski definition) is 7. The fourth-order valence-corrected chi connectivity index (χ4v) is 5.17. The molecule has 0 aliphatic carbocycles. The van der Waals surface area contributed by atoms with E-state index in [4.69, 9.17) is 14.5 Å². The number of nitrogens with zero attached hydrogens (tertiary/aromatic N) is 4. The molecule has 2 aliphatic heterocycles. The van der Waals surface area contributed by atoms with Crippen molar-refractivity contribution < 1.29 is 28.7 Å². The molecule has 2 fully saturated rings. The molecule has 39 heavy (non-hydrogen) atoms. The molecule has 1 aromatic heterocycles. The van der Waals surface area contributed by atoms with Gasteiger partial charge in [-0.2, -0.15) is 0 Å². The fourth-order valence-electron chi connectivity index (χ4n) is 5.17. The molecule has 3 amide bonds. The molecule has 3 heterocycles. The van der Waals surface area contributed by atoms with Crippen LogP contribution in [0.3, 0.4) is 0 Å². The van der Waals surface area contributed by atoms with Crippen molar-refractivity contribution in [3.63, 3.8) is 0 Å². The Morgan fingerprint density at radius 3 is 2.10 bits per heavy atom. The van der Waals surface area contributed by atoms with Crippen molar-refractivity contribution in [1.82, 2.24) is 19.7 Å². The van der Waals surface area contributed by atoms with E-state index in [1.807, 2.05) is 19.1 Å². The zero-order valence-electron chi connectivity index (χ0n) is 23.1. The van der Waals surface area contributed by atoms with E-state index in [1.165, 1.54) is 6.92 Å². The highest BCUT2D eigenvalue weighted by atomic mass is 16.6. The molecular weight excluding hydrogens is 500 g/mol. The number of aromatic nitrogens is 1. The van der Waals surface area contributed by atoms with E-state index in [1.54, 1.807) is 46.7 Å². The first-order valence-corrected chi connectivity index (χ1v) is 13.4. The van der Waals surface area contributed by atoms with Crippen LogP contribution >= 0.6 is 0 Å². The first kappa shape index (κ1) is 28.1. The molecule has 0 N–H and O–H groups in total. The van der Waals surface area contributed by atoms with Crippen LogP contribution in [0.5, 0.6) is 5.75 Å². The first-order valence-electron chi connectivity index (χ1n) is 13.4. The number of amides is 3. The van der Waals surface area contributed by atoms with Crippen LogP contribution < -0.4 is 4.74 Å². The quantitative estimate of drug-likeness (QED) is 0.425. The highest BCUT2D eigenvalue weighted by Gasteiger charge is 2.32. The molecule has 0 bridgehead atoms. The number of hydrogen-bond donors (Lipinski definition) is 0. The lowest BCUT2D eigenvalue weighted by Crippen LogP contribution is -2.51. The summed E-state index contributed by atoms with van der Waals surface area (Å²) in [6, 6.07) is 8.95. The van der Waals surface area contributed by atoms with E-state index in [0.717, 1.165) is 17.0 Å². The molecule has 0 atom stereocenters. The van der Waals surface area contributed by atoms with Crippen molar-refractivity contribution in [3.8, 4) is 5.75 Å². The Morgan fingerprint density at radius 1 is 0.846 bits per heavy atom. The van der Waals surface area contributed by atoms with E-state index in [0.29, 0.717) is 75.6 Å². The minimum absolute atomic E-state index is 0.0270. The van der Waals surface area contributed by atoms with E-state index in [9.17, 15) is 19.2 Å². The molecule has 1 aromatic carbocycles. The number of carbonyl (C=O) groups excluding carboxylic acids is 4. The Balaban J connectivity index is 1.45. The minimum atomic E-state index is -0.470. The van der Waals surface area contributed by atoms with Crippen LogP contribution in [0.4, 0.5) is 4.79 Å². The SMILES string of the molecule is CCOC(=O)N1CCN(C(=O)c2ccc(C)nc2C2CCN(C(=O)c3cccc(C)c3OC(C)=O)CC2)CC1. The second-order valence-corrected chi connectivity index (χ2v) is 9.98. The molecule has 0 saturated carbocycles. The second-order valence-electron chi connectivity index (χ2n) is 9.98. The summed E-state index contributed by atoms with van der Waals surface area (Å²) in [4.78, 5) is 60.5. The van der Waals surface area contributed by atoms with Crippen molar-refractivity contribution in [2.24, 2.45) is 0 Å². The van der Waals surface area contributed by atoms with Gasteiger partial charge in [0.15, 0.2) is 0 Å². The molecule has 0 radical (unpaired) electrons. The number of ether oxygens (including phenoxy) is 2. The van der Waals surface area contributed by atoms with E-state index in [-0.39, 0.29) is 23.8 Å². The summed E-state index contributed by atoms with van der Waals surface area (Å²) in [6.07, 6.45) is 0.969. The van der Waals surface area contributed by atoms with Crippen molar-refractivity contribution in [3.05, 3.63) is 58.4 Å². The molecule has 208 valence electrons. The molecule has 2 aromatic rings. The number of pyridine rings is 1. The molecular formula is C29H36N4O6. The van der Waals surface area contributed by atoms with Gasteiger partial charge < -0.3 is 24.2 Å². The van der Waals surface area contributed by atoms with Gasteiger partial charge in [-0.3, -0.25) is 19.4 Å². The summed E-state index contributed by atoms with van der Waals surface area (Å²) < 4.78 is 10.4. The number of para-hydroxylation sites is 1. The third kappa shape index (κ3) is 6.38. The number of likely N-dealkylation sites (tertiary alicyclic amines) is 1. The van der Waals surface area contributed by atoms with Crippen LogP contribution in [-0.2, 0) is 9.53 Å². The number of piperidine rings is 1. The van der Waals surface area contributed by atoms with Gasteiger partial charge in [-0.15, -0.1) is 0 Å². The number of benzene rings is 1. The molecule has 2 aliphatic rings. The van der Waals surface area contributed by atoms with Gasteiger partial charge in [0.05, 0.1) is 23.4 Å². The lowest BCUT2D eigenvalue weighted by Gasteiger charge is -2.35. The maximum atomic E-state index is 13.5. The summed E-state index contributed by atoms with van der Waals surface area (Å²) in [5, 5.41) is 0. The van der Waals surface area contributed by atoms with Gasteiger partial charge in [0.25, 0.3) is 11.8 Å². The third-order valence-corrected chi connectivity index (χ3v) is 7.24. The summed E-state index contributed by atoms with van der Waals surface area (Å²) >= 11 is 0. The zero-order valence-corrected chi connectivity index (χ0v) is 23.1. The maximum Gasteiger partial charge on any atom is 0.409 e. The Bertz CT molecular complexity index is 1250. The molecule has 4 rings (SSSR count). The topological polar surface area (TPSA) is 109 Å². The van der Waals surface area contributed by atoms with Gasteiger partial charge >= 0.3 is 12.1 Å².